The van der Waals surface area contributed by atoms with Gasteiger partial charge in [-0.05, 0) is 31.0 Å². The van der Waals surface area contributed by atoms with Crippen LogP contribution in [0.4, 0.5) is 5.69 Å². The highest BCUT2D eigenvalue weighted by molar-refractivity contribution is 5.80. The first-order valence-electron chi connectivity index (χ1n) is 5.45. The van der Waals surface area contributed by atoms with E-state index in [1.165, 1.54) is 5.56 Å². The van der Waals surface area contributed by atoms with Crippen LogP contribution < -0.4 is 11.1 Å². The summed E-state index contributed by atoms with van der Waals surface area (Å²) in [5.41, 5.74) is 7.77. The summed E-state index contributed by atoms with van der Waals surface area (Å²) >= 11 is 0. The summed E-state index contributed by atoms with van der Waals surface area (Å²) in [5, 5.41) is 14.9. The van der Waals surface area contributed by atoms with Crippen LogP contribution in [0.25, 0.3) is 0 Å². The standard InChI is InChI=1S/C12H19N3O/c1-3-10(8-12(13)15-16)14-11-6-4-5-9(2)7-11/h4-7,10,14,16H,3,8H2,1-2H3,(H2,13,15). The molecule has 0 fully saturated rings. The maximum absolute atomic E-state index is 8.52. The van der Waals surface area contributed by atoms with Gasteiger partial charge in [-0.15, -0.1) is 0 Å². The molecule has 4 nitrogen and oxygen atoms in total. The zero-order chi connectivity index (χ0) is 12.0. The van der Waals surface area contributed by atoms with Crippen LogP contribution in [0.1, 0.15) is 25.3 Å². The SMILES string of the molecule is CCC(CC(N)=NO)Nc1cccc(C)c1. The Kier molecular flexibility index (Phi) is 4.64. The second kappa shape index (κ2) is 6.00. The molecule has 0 spiro atoms. The topological polar surface area (TPSA) is 70.6 Å². The first-order chi connectivity index (χ1) is 7.65. The van der Waals surface area contributed by atoms with Crippen LogP contribution in [0.2, 0.25) is 0 Å². The van der Waals surface area contributed by atoms with Gasteiger partial charge in [-0.3, -0.25) is 0 Å². The number of nitrogens with zero attached hydrogens (tertiary/aromatic N) is 1. The molecule has 1 unspecified atom stereocenters. The number of benzene rings is 1. The number of nitrogens with one attached hydrogen (secondary N) is 1. The summed E-state index contributed by atoms with van der Waals surface area (Å²) in [7, 11) is 0. The predicted octanol–water partition coefficient (Wildman–Crippen LogP) is 2.32. The van der Waals surface area contributed by atoms with Crippen LogP contribution in [-0.4, -0.2) is 17.1 Å². The molecule has 0 aromatic heterocycles. The van der Waals surface area contributed by atoms with E-state index >= 15 is 0 Å². The van der Waals surface area contributed by atoms with E-state index in [-0.39, 0.29) is 11.9 Å². The average Bonchev–Trinajstić information content (AvgIpc) is 2.28. The van der Waals surface area contributed by atoms with E-state index < -0.39 is 0 Å². The van der Waals surface area contributed by atoms with Gasteiger partial charge in [-0.2, -0.15) is 0 Å². The van der Waals surface area contributed by atoms with Gasteiger partial charge in [0.1, 0.15) is 5.84 Å². The van der Waals surface area contributed by atoms with Crippen molar-refractivity contribution in [1.29, 1.82) is 0 Å². The number of anilines is 1. The van der Waals surface area contributed by atoms with Crippen molar-refractivity contribution in [1.82, 2.24) is 0 Å². The molecule has 1 rings (SSSR count). The van der Waals surface area contributed by atoms with Gasteiger partial charge in [0.2, 0.25) is 0 Å². The highest BCUT2D eigenvalue weighted by Crippen LogP contribution is 2.13. The highest BCUT2D eigenvalue weighted by atomic mass is 16.4. The Bertz CT molecular complexity index is 363. The second-order valence-corrected chi connectivity index (χ2v) is 3.91. The fourth-order valence-corrected chi connectivity index (χ4v) is 1.56. The summed E-state index contributed by atoms with van der Waals surface area (Å²) in [6, 6.07) is 8.35. The van der Waals surface area contributed by atoms with Gasteiger partial charge >= 0.3 is 0 Å². The van der Waals surface area contributed by atoms with E-state index in [0.29, 0.717) is 6.42 Å². The maximum atomic E-state index is 8.52. The summed E-state index contributed by atoms with van der Waals surface area (Å²) in [4.78, 5) is 0. The minimum atomic E-state index is 0.192. The molecule has 16 heavy (non-hydrogen) atoms. The summed E-state index contributed by atoms with van der Waals surface area (Å²) < 4.78 is 0. The molecule has 0 saturated heterocycles. The lowest BCUT2D eigenvalue weighted by molar-refractivity contribution is 0.316. The van der Waals surface area contributed by atoms with Crippen molar-refractivity contribution in [3.05, 3.63) is 29.8 Å². The molecule has 0 heterocycles. The third kappa shape index (κ3) is 3.81. The molecule has 0 aliphatic carbocycles. The molecule has 0 radical (unpaired) electrons. The number of rotatable bonds is 5. The van der Waals surface area contributed by atoms with E-state index in [1.807, 2.05) is 12.1 Å². The normalized spacial score (nSPS) is 13.5. The van der Waals surface area contributed by atoms with Crippen molar-refractivity contribution in [2.75, 3.05) is 5.32 Å². The van der Waals surface area contributed by atoms with E-state index in [4.69, 9.17) is 10.9 Å². The largest absolute Gasteiger partial charge is 0.409 e. The van der Waals surface area contributed by atoms with E-state index in [1.54, 1.807) is 0 Å². The van der Waals surface area contributed by atoms with Crippen LogP contribution in [-0.2, 0) is 0 Å². The zero-order valence-electron chi connectivity index (χ0n) is 9.77. The van der Waals surface area contributed by atoms with Crippen molar-refractivity contribution < 1.29 is 5.21 Å². The van der Waals surface area contributed by atoms with E-state index in [0.717, 1.165) is 12.1 Å². The highest BCUT2D eigenvalue weighted by Gasteiger charge is 2.08. The van der Waals surface area contributed by atoms with Crippen LogP contribution in [0.5, 0.6) is 0 Å². The molecule has 88 valence electrons. The summed E-state index contributed by atoms with van der Waals surface area (Å²) in [6.45, 7) is 4.12. The lowest BCUT2D eigenvalue weighted by Crippen LogP contribution is -2.26. The van der Waals surface area contributed by atoms with Gasteiger partial charge in [0.25, 0.3) is 0 Å². The third-order valence-electron chi connectivity index (χ3n) is 2.47. The van der Waals surface area contributed by atoms with Gasteiger partial charge in [0.05, 0.1) is 0 Å². The van der Waals surface area contributed by atoms with Crippen molar-refractivity contribution >= 4 is 11.5 Å². The number of aryl methyl sites for hydroxylation is 1. The summed E-state index contributed by atoms with van der Waals surface area (Å²) in [5.74, 6) is 0.256. The lowest BCUT2D eigenvalue weighted by Gasteiger charge is -2.17. The molecule has 1 aromatic rings. The van der Waals surface area contributed by atoms with E-state index in [2.05, 4.69) is 36.5 Å². The number of hydrogen-bond acceptors (Lipinski definition) is 3. The third-order valence-corrected chi connectivity index (χ3v) is 2.47. The minimum absolute atomic E-state index is 0.192. The lowest BCUT2D eigenvalue weighted by atomic mass is 10.1. The molecule has 0 aliphatic heterocycles. The Morgan fingerprint density at radius 3 is 2.88 bits per heavy atom. The summed E-state index contributed by atoms with van der Waals surface area (Å²) in [6.07, 6.45) is 1.46. The number of nitrogens with two attached hydrogens (primary N) is 1. The average molecular weight is 221 g/mol. The zero-order valence-corrected chi connectivity index (χ0v) is 9.77. The monoisotopic (exact) mass is 221 g/mol. The van der Waals surface area contributed by atoms with Crippen LogP contribution >= 0.6 is 0 Å². The first kappa shape index (κ1) is 12.4. The molecule has 1 atom stereocenters. The van der Waals surface area contributed by atoms with Crippen LogP contribution in [0, 0.1) is 6.92 Å². The van der Waals surface area contributed by atoms with Crippen molar-refractivity contribution in [3.8, 4) is 0 Å². The smallest absolute Gasteiger partial charge is 0.141 e. The van der Waals surface area contributed by atoms with Gasteiger partial charge in [-0.1, -0.05) is 24.2 Å². The van der Waals surface area contributed by atoms with Gasteiger partial charge < -0.3 is 16.3 Å². The van der Waals surface area contributed by atoms with Crippen molar-refractivity contribution in [2.24, 2.45) is 10.9 Å². The first-order valence-corrected chi connectivity index (χ1v) is 5.45. The number of oxime groups is 1. The maximum Gasteiger partial charge on any atom is 0.141 e. The fourth-order valence-electron chi connectivity index (χ4n) is 1.56. The van der Waals surface area contributed by atoms with Gasteiger partial charge in [0, 0.05) is 18.2 Å². The van der Waals surface area contributed by atoms with Crippen LogP contribution in [0.3, 0.4) is 0 Å². The van der Waals surface area contributed by atoms with Crippen molar-refractivity contribution in [2.45, 2.75) is 32.7 Å². The van der Waals surface area contributed by atoms with Gasteiger partial charge in [0.15, 0.2) is 0 Å². The second-order valence-electron chi connectivity index (χ2n) is 3.91. The molecule has 0 saturated carbocycles. The van der Waals surface area contributed by atoms with E-state index in [9.17, 15) is 0 Å². The quantitative estimate of drug-likeness (QED) is 0.309. The molecule has 4 heteroatoms. The molecule has 4 N–H and O–H groups in total. The predicted molar refractivity (Wildman–Crippen MR) is 66.9 cm³/mol. The Labute approximate surface area is 96.2 Å². The van der Waals surface area contributed by atoms with Crippen molar-refractivity contribution in [3.63, 3.8) is 0 Å². The number of hydrogen-bond donors (Lipinski definition) is 3. The molecule has 1 aromatic carbocycles. The molecule has 0 aliphatic rings. The Hall–Kier alpha value is -1.71. The number of amidine groups is 1. The molecular formula is C12H19N3O. The Morgan fingerprint density at radius 2 is 2.31 bits per heavy atom. The Morgan fingerprint density at radius 1 is 1.56 bits per heavy atom. The Balaban J connectivity index is 2.63. The molecule has 0 amide bonds. The molecule has 0 bridgehead atoms. The van der Waals surface area contributed by atoms with Gasteiger partial charge in [-0.25, -0.2) is 0 Å². The van der Waals surface area contributed by atoms with Crippen LogP contribution in [0.15, 0.2) is 29.4 Å². The fraction of sp³-hybridized carbons (Fsp3) is 0.417. The minimum Gasteiger partial charge on any atom is -0.409 e. The molecular weight excluding hydrogens is 202 g/mol.